The van der Waals surface area contributed by atoms with Gasteiger partial charge in [0, 0.05) is 11.4 Å². The summed E-state index contributed by atoms with van der Waals surface area (Å²) in [4.78, 5) is 25.8. The topological polar surface area (TPSA) is 76.7 Å². The number of thioether (sulfide) groups is 1. The molecule has 1 atom stereocenters. The number of hydrogen-bond acceptors (Lipinski definition) is 5. The SMILES string of the molecule is O=C(CSCc1ccccc1)NC(COCc1ccccc1)C(=O)Nc1ccc(Oc2ccccc2)cc1. The molecule has 6 nitrogen and oxygen atoms in total. The van der Waals surface area contributed by atoms with E-state index in [1.165, 1.54) is 11.8 Å². The van der Waals surface area contributed by atoms with E-state index in [0.29, 0.717) is 23.8 Å². The van der Waals surface area contributed by atoms with Gasteiger partial charge >= 0.3 is 0 Å². The molecule has 4 aromatic carbocycles. The number of hydrogen-bond donors (Lipinski definition) is 2. The van der Waals surface area contributed by atoms with Crippen LogP contribution in [0.15, 0.2) is 115 Å². The monoisotopic (exact) mass is 526 g/mol. The average Bonchev–Trinajstić information content (AvgIpc) is 2.95. The molecule has 0 radical (unpaired) electrons. The van der Waals surface area contributed by atoms with Crippen molar-refractivity contribution in [2.24, 2.45) is 0 Å². The Morgan fingerprint density at radius 2 is 1.29 bits per heavy atom. The first-order valence-corrected chi connectivity index (χ1v) is 13.5. The van der Waals surface area contributed by atoms with Crippen LogP contribution < -0.4 is 15.4 Å². The van der Waals surface area contributed by atoms with Gasteiger partial charge in [-0.2, -0.15) is 0 Å². The van der Waals surface area contributed by atoms with Gasteiger partial charge < -0.3 is 20.1 Å². The standard InChI is InChI=1S/C31H30N2O4S/c34-30(23-38-22-25-12-6-2-7-13-25)33-29(21-36-20-24-10-4-1-5-11-24)31(35)32-26-16-18-28(19-17-26)37-27-14-8-3-9-15-27/h1-19,29H,20-23H2,(H,32,35)(H,33,34). The molecule has 0 saturated heterocycles. The molecule has 2 amide bonds. The van der Waals surface area contributed by atoms with Crippen molar-refractivity contribution in [3.63, 3.8) is 0 Å². The van der Waals surface area contributed by atoms with E-state index in [9.17, 15) is 9.59 Å². The van der Waals surface area contributed by atoms with Crippen molar-refractivity contribution in [1.82, 2.24) is 5.32 Å². The molecule has 38 heavy (non-hydrogen) atoms. The third kappa shape index (κ3) is 9.10. The molecular weight excluding hydrogens is 496 g/mol. The molecule has 194 valence electrons. The van der Waals surface area contributed by atoms with Gasteiger partial charge in [-0.3, -0.25) is 9.59 Å². The Bertz CT molecular complexity index is 1270. The summed E-state index contributed by atoms with van der Waals surface area (Å²) in [5.74, 6) is 1.77. The Labute approximate surface area is 227 Å². The highest BCUT2D eigenvalue weighted by atomic mass is 32.2. The van der Waals surface area contributed by atoms with Crippen molar-refractivity contribution in [1.29, 1.82) is 0 Å². The molecular formula is C31H30N2O4S. The van der Waals surface area contributed by atoms with Gasteiger partial charge in [-0.25, -0.2) is 0 Å². The number of rotatable bonds is 13. The molecule has 0 fully saturated rings. The maximum Gasteiger partial charge on any atom is 0.249 e. The maximum atomic E-state index is 13.1. The minimum Gasteiger partial charge on any atom is -0.457 e. The molecule has 0 aromatic heterocycles. The molecule has 7 heteroatoms. The molecule has 0 aliphatic rings. The first-order valence-electron chi connectivity index (χ1n) is 12.3. The zero-order chi connectivity index (χ0) is 26.4. The van der Waals surface area contributed by atoms with E-state index in [1.807, 2.05) is 91.0 Å². The van der Waals surface area contributed by atoms with Crippen LogP contribution in [0, 0.1) is 0 Å². The number of carbonyl (C=O) groups is 2. The highest BCUT2D eigenvalue weighted by Crippen LogP contribution is 2.22. The van der Waals surface area contributed by atoms with Gasteiger partial charge in [-0.15, -0.1) is 11.8 Å². The molecule has 2 N–H and O–H groups in total. The van der Waals surface area contributed by atoms with Gasteiger partial charge in [-0.1, -0.05) is 78.9 Å². The lowest BCUT2D eigenvalue weighted by atomic mass is 10.2. The molecule has 0 spiro atoms. The number of amides is 2. The Hall–Kier alpha value is -4.07. The summed E-state index contributed by atoms with van der Waals surface area (Å²) in [5, 5.41) is 5.71. The molecule has 0 aliphatic carbocycles. The van der Waals surface area contributed by atoms with Crippen molar-refractivity contribution in [2.45, 2.75) is 18.4 Å². The zero-order valence-corrected chi connectivity index (χ0v) is 21.7. The van der Waals surface area contributed by atoms with E-state index in [1.54, 1.807) is 24.3 Å². The zero-order valence-electron chi connectivity index (χ0n) is 20.9. The fraction of sp³-hybridized carbons (Fsp3) is 0.161. The summed E-state index contributed by atoms with van der Waals surface area (Å²) in [6, 6.07) is 35.4. The Balaban J connectivity index is 1.32. The lowest BCUT2D eigenvalue weighted by Gasteiger charge is -2.19. The smallest absolute Gasteiger partial charge is 0.249 e. The van der Waals surface area contributed by atoms with Gasteiger partial charge in [0.05, 0.1) is 19.0 Å². The fourth-order valence-electron chi connectivity index (χ4n) is 3.58. The minimum atomic E-state index is -0.844. The van der Waals surface area contributed by atoms with Crippen LogP contribution in [0.1, 0.15) is 11.1 Å². The van der Waals surface area contributed by atoms with Crippen molar-refractivity contribution >= 4 is 29.3 Å². The van der Waals surface area contributed by atoms with Gasteiger partial charge in [-0.05, 0) is 47.5 Å². The molecule has 4 rings (SSSR count). The quantitative estimate of drug-likeness (QED) is 0.222. The van der Waals surface area contributed by atoms with E-state index in [0.717, 1.165) is 16.9 Å². The highest BCUT2D eigenvalue weighted by Gasteiger charge is 2.21. The van der Waals surface area contributed by atoms with Crippen LogP contribution >= 0.6 is 11.8 Å². The Kier molecular flexibility index (Phi) is 10.4. The fourth-order valence-corrected chi connectivity index (χ4v) is 4.38. The molecule has 1 unspecified atom stereocenters. The number of benzene rings is 4. The second-order valence-electron chi connectivity index (χ2n) is 8.53. The third-order valence-electron chi connectivity index (χ3n) is 5.49. The van der Waals surface area contributed by atoms with E-state index in [4.69, 9.17) is 9.47 Å². The van der Waals surface area contributed by atoms with Crippen LogP contribution in [0.5, 0.6) is 11.5 Å². The molecule has 0 saturated carbocycles. The van der Waals surface area contributed by atoms with E-state index in [2.05, 4.69) is 10.6 Å². The normalized spacial score (nSPS) is 11.4. The summed E-state index contributed by atoms with van der Waals surface area (Å²) in [5.41, 5.74) is 2.73. The Morgan fingerprint density at radius 3 is 1.95 bits per heavy atom. The molecule has 4 aromatic rings. The third-order valence-corrected chi connectivity index (χ3v) is 6.50. The molecule has 0 heterocycles. The van der Waals surface area contributed by atoms with Gasteiger partial charge in [0.1, 0.15) is 17.5 Å². The lowest BCUT2D eigenvalue weighted by Crippen LogP contribution is -2.47. The largest absolute Gasteiger partial charge is 0.457 e. The van der Waals surface area contributed by atoms with Crippen LogP contribution in [0.3, 0.4) is 0 Å². The van der Waals surface area contributed by atoms with Crippen LogP contribution in [-0.4, -0.2) is 30.2 Å². The van der Waals surface area contributed by atoms with E-state index < -0.39 is 6.04 Å². The summed E-state index contributed by atoms with van der Waals surface area (Å²) >= 11 is 1.50. The predicted molar refractivity (Wildman–Crippen MR) is 152 cm³/mol. The van der Waals surface area contributed by atoms with E-state index in [-0.39, 0.29) is 24.2 Å². The van der Waals surface area contributed by atoms with Crippen molar-refractivity contribution < 1.29 is 19.1 Å². The van der Waals surface area contributed by atoms with Crippen LogP contribution in [-0.2, 0) is 26.7 Å². The van der Waals surface area contributed by atoms with Crippen LogP contribution in [0.4, 0.5) is 5.69 Å². The average molecular weight is 527 g/mol. The second-order valence-corrected chi connectivity index (χ2v) is 9.51. The van der Waals surface area contributed by atoms with Crippen molar-refractivity contribution in [3.8, 4) is 11.5 Å². The number of carbonyl (C=O) groups excluding carboxylic acids is 2. The number of ether oxygens (including phenoxy) is 2. The number of para-hydroxylation sites is 1. The Morgan fingerprint density at radius 1 is 0.711 bits per heavy atom. The molecule has 0 bridgehead atoms. The van der Waals surface area contributed by atoms with Gasteiger partial charge in [0.2, 0.25) is 11.8 Å². The number of anilines is 1. The van der Waals surface area contributed by atoms with Crippen molar-refractivity contribution in [2.75, 3.05) is 17.7 Å². The molecule has 0 aliphatic heterocycles. The summed E-state index contributed by atoms with van der Waals surface area (Å²) in [6.07, 6.45) is 0. The summed E-state index contributed by atoms with van der Waals surface area (Å²) in [6.45, 7) is 0.389. The maximum absolute atomic E-state index is 13.1. The highest BCUT2D eigenvalue weighted by molar-refractivity contribution is 7.99. The van der Waals surface area contributed by atoms with E-state index >= 15 is 0 Å². The second kappa shape index (κ2) is 14.6. The number of nitrogens with one attached hydrogen (secondary N) is 2. The van der Waals surface area contributed by atoms with Crippen molar-refractivity contribution in [3.05, 3.63) is 126 Å². The van der Waals surface area contributed by atoms with Crippen LogP contribution in [0.2, 0.25) is 0 Å². The minimum absolute atomic E-state index is 0.0466. The predicted octanol–water partition coefficient (Wildman–Crippen LogP) is 6.05. The van der Waals surface area contributed by atoms with Gasteiger partial charge in [0.25, 0.3) is 0 Å². The van der Waals surface area contributed by atoms with Gasteiger partial charge in [0.15, 0.2) is 0 Å². The summed E-state index contributed by atoms with van der Waals surface area (Å²) < 4.78 is 11.6. The lowest BCUT2D eigenvalue weighted by molar-refractivity contribution is -0.126. The van der Waals surface area contributed by atoms with Crippen LogP contribution in [0.25, 0.3) is 0 Å². The first-order chi connectivity index (χ1) is 18.7. The first kappa shape index (κ1) is 27.0. The summed E-state index contributed by atoms with van der Waals surface area (Å²) in [7, 11) is 0.